The number of hydrogen-bond donors (Lipinski definition) is 2. The maximum Gasteiger partial charge on any atom is 0.255 e. The monoisotopic (exact) mass is 398 g/mol. The summed E-state index contributed by atoms with van der Waals surface area (Å²) in [6, 6.07) is 14.3. The number of benzene rings is 2. The van der Waals surface area contributed by atoms with Gasteiger partial charge in [-0.05, 0) is 43.5 Å². The van der Waals surface area contributed by atoms with Crippen molar-refractivity contribution >= 4 is 11.8 Å². The number of amides is 2. The smallest absolute Gasteiger partial charge is 0.255 e. The molecule has 0 aliphatic carbocycles. The van der Waals surface area contributed by atoms with Crippen molar-refractivity contribution in [3.05, 3.63) is 59.7 Å². The molecule has 2 aromatic carbocycles. The van der Waals surface area contributed by atoms with Crippen molar-refractivity contribution in [3.63, 3.8) is 0 Å². The molecule has 0 fully saturated rings. The van der Waals surface area contributed by atoms with Crippen LogP contribution in [0.25, 0.3) is 0 Å². The Balaban J connectivity index is 1.93. The average Bonchev–Trinajstić information content (AvgIpc) is 2.72. The lowest BCUT2D eigenvalue weighted by molar-refractivity contribution is 0.0916. The highest BCUT2D eigenvalue weighted by Gasteiger charge is 2.22. The van der Waals surface area contributed by atoms with Crippen LogP contribution in [0.5, 0.6) is 11.5 Å². The van der Waals surface area contributed by atoms with Crippen LogP contribution in [0.15, 0.2) is 48.5 Å². The third kappa shape index (κ3) is 6.52. The van der Waals surface area contributed by atoms with Crippen LogP contribution in [0.4, 0.5) is 0 Å². The molecule has 29 heavy (non-hydrogen) atoms. The maximum atomic E-state index is 12.6. The van der Waals surface area contributed by atoms with Crippen molar-refractivity contribution in [2.45, 2.75) is 27.7 Å². The standard InChI is InChI=1S/C23H30N2O4/c1-5-28-19-13-9-7-11-17(19)21(26)24-15-23(3,4)16-25-22(27)18-12-8-10-14-20(18)29-6-2/h7-14H,5-6,15-16H2,1-4H3,(H,24,26)(H,25,27). The van der Waals surface area contributed by atoms with Crippen LogP contribution in [0.2, 0.25) is 0 Å². The van der Waals surface area contributed by atoms with Gasteiger partial charge in [-0.2, -0.15) is 0 Å². The summed E-state index contributed by atoms with van der Waals surface area (Å²) in [7, 11) is 0. The summed E-state index contributed by atoms with van der Waals surface area (Å²) in [6.45, 7) is 9.51. The van der Waals surface area contributed by atoms with E-state index in [4.69, 9.17) is 9.47 Å². The molecule has 0 aromatic heterocycles. The normalized spacial score (nSPS) is 10.9. The van der Waals surface area contributed by atoms with Gasteiger partial charge in [-0.25, -0.2) is 0 Å². The first-order valence-corrected chi connectivity index (χ1v) is 9.88. The molecule has 0 aliphatic heterocycles. The largest absolute Gasteiger partial charge is 0.493 e. The topological polar surface area (TPSA) is 76.7 Å². The van der Waals surface area contributed by atoms with Crippen molar-refractivity contribution in [2.24, 2.45) is 5.41 Å². The summed E-state index contributed by atoms with van der Waals surface area (Å²) in [5.74, 6) is 0.725. The van der Waals surface area contributed by atoms with E-state index in [1.54, 1.807) is 36.4 Å². The zero-order valence-electron chi connectivity index (χ0n) is 17.6. The van der Waals surface area contributed by atoms with Crippen LogP contribution in [0.3, 0.4) is 0 Å². The van der Waals surface area contributed by atoms with E-state index in [1.165, 1.54) is 0 Å². The van der Waals surface area contributed by atoms with Crippen molar-refractivity contribution < 1.29 is 19.1 Å². The number of rotatable bonds is 10. The molecule has 0 bridgehead atoms. The number of carbonyl (C=O) groups is 2. The second-order valence-electron chi connectivity index (χ2n) is 7.39. The fraction of sp³-hybridized carbons (Fsp3) is 0.391. The fourth-order valence-corrected chi connectivity index (χ4v) is 2.76. The predicted molar refractivity (Wildman–Crippen MR) is 114 cm³/mol. The zero-order chi connectivity index (χ0) is 21.3. The lowest BCUT2D eigenvalue weighted by Crippen LogP contribution is -2.42. The molecule has 6 heteroatoms. The van der Waals surface area contributed by atoms with E-state index in [9.17, 15) is 9.59 Å². The third-order valence-electron chi connectivity index (χ3n) is 4.32. The Morgan fingerprint density at radius 3 is 1.52 bits per heavy atom. The van der Waals surface area contributed by atoms with Gasteiger partial charge in [0.2, 0.25) is 0 Å². The summed E-state index contributed by atoms with van der Waals surface area (Å²) < 4.78 is 11.0. The molecule has 2 aromatic rings. The summed E-state index contributed by atoms with van der Waals surface area (Å²) in [4.78, 5) is 25.1. The van der Waals surface area contributed by atoms with E-state index in [2.05, 4.69) is 10.6 Å². The number of carbonyl (C=O) groups excluding carboxylic acids is 2. The van der Waals surface area contributed by atoms with Crippen LogP contribution in [0, 0.1) is 5.41 Å². The fourth-order valence-electron chi connectivity index (χ4n) is 2.76. The minimum atomic E-state index is -0.341. The van der Waals surface area contributed by atoms with Gasteiger partial charge in [-0.3, -0.25) is 9.59 Å². The lowest BCUT2D eigenvalue weighted by Gasteiger charge is -2.25. The lowest BCUT2D eigenvalue weighted by atomic mass is 9.93. The zero-order valence-corrected chi connectivity index (χ0v) is 17.6. The van der Waals surface area contributed by atoms with E-state index in [1.807, 2.05) is 39.8 Å². The molecule has 0 spiro atoms. The van der Waals surface area contributed by atoms with Gasteiger partial charge in [0, 0.05) is 13.1 Å². The van der Waals surface area contributed by atoms with E-state index < -0.39 is 0 Å². The molecule has 0 heterocycles. The predicted octanol–water partition coefficient (Wildman–Crippen LogP) is 3.67. The second kappa shape index (κ2) is 10.5. The Kier molecular flexibility index (Phi) is 8.07. The Morgan fingerprint density at radius 1 is 0.759 bits per heavy atom. The van der Waals surface area contributed by atoms with Crippen LogP contribution in [0.1, 0.15) is 48.4 Å². The summed E-state index contributed by atoms with van der Waals surface area (Å²) in [5.41, 5.74) is 0.659. The molecule has 0 saturated carbocycles. The quantitative estimate of drug-likeness (QED) is 0.640. The first-order valence-electron chi connectivity index (χ1n) is 9.88. The Hall–Kier alpha value is -3.02. The summed E-state index contributed by atoms with van der Waals surface area (Å²) in [6.07, 6.45) is 0. The molecule has 2 N–H and O–H groups in total. The van der Waals surface area contributed by atoms with Gasteiger partial charge in [0.1, 0.15) is 11.5 Å². The van der Waals surface area contributed by atoms with Crippen LogP contribution >= 0.6 is 0 Å². The summed E-state index contributed by atoms with van der Waals surface area (Å²) >= 11 is 0. The van der Waals surface area contributed by atoms with Crippen molar-refractivity contribution in [3.8, 4) is 11.5 Å². The van der Waals surface area contributed by atoms with Crippen LogP contribution in [-0.2, 0) is 0 Å². The van der Waals surface area contributed by atoms with Crippen molar-refractivity contribution in [1.29, 1.82) is 0 Å². The minimum absolute atomic E-state index is 0.199. The van der Waals surface area contributed by atoms with E-state index in [-0.39, 0.29) is 17.2 Å². The molecule has 0 unspecified atom stereocenters. The van der Waals surface area contributed by atoms with Gasteiger partial charge < -0.3 is 20.1 Å². The minimum Gasteiger partial charge on any atom is -0.493 e. The van der Waals surface area contributed by atoms with E-state index in [0.717, 1.165) is 0 Å². The number of hydrogen-bond acceptors (Lipinski definition) is 4. The van der Waals surface area contributed by atoms with E-state index >= 15 is 0 Å². The van der Waals surface area contributed by atoms with Gasteiger partial charge >= 0.3 is 0 Å². The number of nitrogens with one attached hydrogen (secondary N) is 2. The SMILES string of the molecule is CCOc1ccccc1C(=O)NCC(C)(C)CNC(=O)c1ccccc1OCC. The molecule has 2 rings (SSSR count). The van der Waals surface area contributed by atoms with Gasteiger partial charge in [0.25, 0.3) is 11.8 Å². The number of para-hydroxylation sites is 2. The first kappa shape index (κ1) is 22.3. The van der Waals surface area contributed by atoms with Crippen molar-refractivity contribution in [1.82, 2.24) is 10.6 Å². The molecule has 6 nitrogen and oxygen atoms in total. The molecular formula is C23H30N2O4. The highest BCUT2D eigenvalue weighted by Crippen LogP contribution is 2.20. The van der Waals surface area contributed by atoms with Crippen LogP contribution < -0.4 is 20.1 Å². The third-order valence-corrected chi connectivity index (χ3v) is 4.32. The Bertz CT molecular complexity index is 766. The van der Waals surface area contributed by atoms with Gasteiger partial charge in [0.05, 0.1) is 24.3 Å². The maximum absolute atomic E-state index is 12.6. The first-order chi connectivity index (χ1) is 13.9. The molecule has 0 saturated heterocycles. The van der Waals surface area contributed by atoms with Gasteiger partial charge in [-0.15, -0.1) is 0 Å². The van der Waals surface area contributed by atoms with Gasteiger partial charge in [-0.1, -0.05) is 38.1 Å². The Labute approximate surface area is 172 Å². The average molecular weight is 399 g/mol. The molecular weight excluding hydrogens is 368 g/mol. The highest BCUT2D eigenvalue weighted by molar-refractivity contribution is 5.97. The Morgan fingerprint density at radius 2 is 1.14 bits per heavy atom. The summed E-state index contributed by atoms with van der Waals surface area (Å²) in [5, 5.41) is 5.88. The molecule has 0 atom stereocenters. The van der Waals surface area contributed by atoms with Crippen LogP contribution in [-0.4, -0.2) is 38.1 Å². The number of ether oxygens (including phenoxy) is 2. The highest BCUT2D eigenvalue weighted by atomic mass is 16.5. The molecule has 156 valence electrons. The molecule has 2 amide bonds. The van der Waals surface area contributed by atoms with Gasteiger partial charge in [0.15, 0.2) is 0 Å². The van der Waals surface area contributed by atoms with Crippen molar-refractivity contribution in [2.75, 3.05) is 26.3 Å². The molecule has 0 radical (unpaired) electrons. The molecule has 0 aliphatic rings. The van der Waals surface area contributed by atoms with E-state index in [0.29, 0.717) is 48.9 Å². The second-order valence-corrected chi connectivity index (χ2v) is 7.39.